The van der Waals surface area contributed by atoms with E-state index in [9.17, 15) is 33.6 Å². The number of thiazole rings is 1. The Kier molecular flexibility index (Phi) is 6.87. The minimum Gasteiger partial charge on any atom is -0.486 e. The highest BCUT2D eigenvalue weighted by atomic mass is 35.5. The zero-order valence-corrected chi connectivity index (χ0v) is 20.8. The molecule has 1 fully saturated rings. The molecule has 202 valence electrons. The largest absolute Gasteiger partial charge is 0.486 e. The Morgan fingerprint density at radius 1 is 1.13 bits per heavy atom. The van der Waals surface area contributed by atoms with Crippen LogP contribution in [0.25, 0.3) is 17.1 Å². The van der Waals surface area contributed by atoms with Crippen molar-refractivity contribution in [3.8, 4) is 22.3 Å². The maximum atomic E-state index is 13.9. The summed E-state index contributed by atoms with van der Waals surface area (Å²) in [7, 11) is 0. The molecule has 38 heavy (non-hydrogen) atoms. The first-order chi connectivity index (χ1) is 18.0. The van der Waals surface area contributed by atoms with Gasteiger partial charge in [0.05, 0.1) is 24.1 Å². The molecule has 4 aromatic rings. The van der Waals surface area contributed by atoms with Gasteiger partial charge in [0.1, 0.15) is 47.7 Å². The third-order valence-electron chi connectivity index (χ3n) is 6.07. The van der Waals surface area contributed by atoms with Gasteiger partial charge in [0.25, 0.3) is 5.19 Å². The number of nitrogens with zero attached hydrogens (tertiary/aromatic N) is 7. The number of hydrogen-bond donors (Lipinski definition) is 4. The van der Waals surface area contributed by atoms with Gasteiger partial charge in [-0.3, -0.25) is 4.57 Å². The Balaban J connectivity index is 1.59. The van der Waals surface area contributed by atoms with Crippen molar-refractivity contribution in [2.24, 2.45) is 0 Å². The Morgan fingerprint density at radius 3 is 2.55 bits per heavy atom. The molecule has 0 radical (unpaired) electrons. The van der Waals surface area contributed by atoms with Crippen LogP contribution in [0.1, 0.15) is 29.4 Å². The molecule has 1 aromatic carbocycles. The highest BCUT2D eigenvalue weighted by Crippen LogP contribution is 2.41. The van der Waals surface area contributed by atoms with Crippen LogP contribution >= 0.6 is 22.9 Å². The van der Waals surface area contributed by atoms with Gasteiger partial charge in [-0.2, -0.15) is 13.2 Å². The molecule has 1 aliphatic rings. The maximum absolute atomic E-state index is 13.9. The minimum atomic E-state index is -4.76. The number of aromatic nitrogens is 7. The van der Waals surface area contributed by atoms with Crippen LogP contribution in [0.5, 0.6) is 5.19 Å². The van der Waals surface area contributed by atoms with Crippen LogP contribution in [-0.2, 0) is 10.9 Å². The molecule has 3 aromatic heterocycles. The molecule has 5 atom stereocenters. The van der Waals surface area contributed by atoms with E-state index in [4.69, 9.17) is 16.3 Å². The number of aliphatic hydroxyl groups is 3. The van der Waals surface area contributed by atoms with E-state index in [-0.39, 0.29) is 27.6 Å². The number of ether oxygens (including phenoxy) is 1. The fraction of sp³-hybridized carbons (Fsp3) is 0.381. The molecule has 0 amide bonds. The second-order valence-electron chi connectivity index (χ2n) is 8.45. The molecular formula is C21H19ClF3N7O5S. The number of rotatable bonds is 5. The molecule has 0 aliphatic carbocycles. The van der Waals surface area contributed by atoms with Crippen molar-refractivity contribution < 1.29 is 38.3 Å². The van der Waals surface area contributed by atoms with E-state index in [1.807, 2.05) is 0 Å². The summed E-state index contributed by atoms with van der Waals surface area (Å²) in [6.07, 6.45) is -9.28. The topological polar surface area (TPSA) is 164 Å². The first-order valence-electron chi connectivity index (χ1n) is 11.0. The number of hydrogen-bond acceptors (Lipinski definition) is 11. The smallest absolute Gasteiger partial charge is 0.418 e. The SMILES string of the molecule is Cc1nnc([C@@H]2O[C@H](CO)[C@H](O)[C@H](n3cc(-c4csc(O)n4)nn3)[C@H]2O)n1-c1cc(Cl)ccc1C(F)(F)F. The van der Waals surface area contributed by atoms with E-state index in [1.54, 1.807) is 0 Å². The molecule has 5 rings (SSSR count). The van der Waals surface area contributed by atoms with E-state index >= 15 is 0 Å². The Labute approximate surface area is 220 Å². The van der Waals surface area contributed by atoms with Crippen molar-refractivity contribution in [3.05, 3.63) is 52.0 Å². The minimum absolute atomic E-state index is 0.0157. The number of aryl methyl sites for hydroxylation is 1. The van der Waals surface area contributed by atoms with Gasteiger partial charge in [-0.05, 0) is 25.1 Å². The van der Waals surface area contributed by atoms with E-state index in [1.165, 1.54) is 18.5 Å². The fourth-order valence-corrected chi connectivity index (χ4v) is 5.05. The zero-order valence-electron chi connectivity index (χ0n) is 19.2. The summed E-state index contributed by atoms with van der Waals surface area (Å²) in [6, 6.07) is 1.72. The molecule has 12 nitrogen and oxygen atoms in total. The summed E-state index contributed by atoms with van der Waals surface area (Å²) < 4.78 is 49.5. The lowest BCUT2D eigenvalue weighted by Crippen LogP contribution is -2.53. The maximum Gasteiger partial charge on any atom is 0.418 e. The van der Waals surface area contributed by atoms with Gasteiger partial charge < -0.3 is 25.2 Å². The van der Waals surface area contributed by atoms with Crippen molar-refractivity contribution in [1.29, 1.82) is 0 Å². The van der Waals surface area contributed by atoms with Crippen LogP contribution in [0.15, 0.2) is 29.8 Å². The van der Waals surface area contributed by atoms with Gasteiger partial charge in [-0.25, -0.2) is 9.67 Å². The summed E-state index contributed by atoms with van der Waals surface area (Å²) >= 11 is 6.98. The first kappa shape index (κ1) is 26.5. The second-order valence-corrected chi connectivity index (χ2v) is 9.72. The molecular weight excluding hydrogens is 555 g/mol. The Hall–Kier alpha value is -3.15. The van der Waals surface area contributed by atoms with Crippen LogP contribution in [0.2, 0.25) is 5.02 Å². The van der Waals surface area contributed by atoms with Crippen LogP contribution in [0.4, 0.5) is 13.2 Å². The van der Waals surface area contributed by atoms with Gasteiger partial charge in [0, 0.05) is 10.4 Å². The van der Waals surface area contributed by atoms with Gasteiger partial charge in [-0.15, -0.1) is 15.3 Å². The third kappa shape index (κ3) is 4.63. The van der Waals surface area contributed by atoms with Gasteiger partial charge in [0.2, 0.25) is 0 Å². The quantitative estimate of drug-likeness (QED) is 0.278. The number of alkyl halides is 3. The van der Waals surface area contributed by atoms with E-state index in [0.29, 0.717) is 5.69 Å². The third-order valence-corrected chi connectivity index (χ3v) is 6.95. The molecule has 17 heteroatoms. The number of aliphatic hydroxyl groups excluding tert-OH is 3. The van der Waals surface area contributed by atoms with Gasteiger partial charge in [0.15, 0.2) is 5.82 Å². The van der Waals surface area contributed by atoms with Crippen molar-refractivity contribution in [2.45, 2.75) is 43.6 Å². The normalized spacial score (nSPS) is 24.2. The lowest BCUT2D eigenvalue weighted by molar-refractivity contribution is -0.210. The molecule has 1 aliphatic heterocycles. The lowest BCUT2D eigenvalue weighted by Gasteiger charge is -2.41. The van der Waals surface area contributed by atoms with Crippen LogP contribution in [0.3, 0.4) is 0 Å². The number of halogens is 4. The first-order valence-corrected chi connectivity index (χ1v) is 12.2. The molecule has 0 bridgehead atoms. The van der Waals surface area contributed by atoms with Crippen molar-refractivity contribution >= 4 is 22.9 Å². The van der Waals surface area contributed by atoms with E-state index in [0.717, 1.165) is 38.8 Å². The average molecular weight is 574 g/mol. The van der Waals surface area contributed by atoms with Crippen molar-refractivity contribution in [1.82, 2.24) is 34.7 Å². The molecule has 1 saturated heterocycles. The monoisotopic (exact) mass is 573 g/mol. The summed E-state index contributed by atoms with van der Waals surface area (Å²) in [5.74, 6) is -0.180. The summed E-state index contributed by atoms with van der Waals surface area (Å²) in [5.41, 5.74) is -0.912. The Morgan fingerprint density at radius 2 is 1.89 bits per heavy atom. The van der Waals surface area contributed by atoms with Gasteiger partial charge in [-0.1, -0.05) is 28.2 Å². The van der Waals surface area contributed by atoms with Crippen molar-refractivity contribution in [2.75, 3.05) is 6.61 Å². The highest BCUT2D eigenvalue weighted by Gasteiger charge is 2.49. The molecule has 4 N–H and O–H groups in total. The molecule has 4 heterocycles. The van der Waals surface area contributed by atoms with Gasteiger partial charge >= 0.3 is 6.18 Å². The average Bonchev–Trinajstić information content (AvgIpc) is 3.59. The van der Waals surface area contributed by atoms with E-state index in [2.05, 4.69) is 25.5 Å². The fourth-order valence-electron chi connectivity index (χ4n) is 4.34. The predicted molar refractivity (Wildman–Crippen MR) is 125 cm³/mol. The number of benzene rings is 1. The van der Waals surface area contributed by atoms with Crippen LogP contribution in [0, 0.1) is 6.92 Å². The molecule has 0 saturated carbocycles. The van der Waals surface area contributed by atoms with E-state index < -0.39 is 54.5 Å². The zero-order chi connectivity index (χ0) is 27.4. The highest BCUT2D eigenvalue weighted by molar-refractivity contribution is 7.11. The Bertz CT molecular complexity index is 1460. The molecule has 0 spiro atoms. The second kappa shape index (κ2) is 9.87. The summed E-state index contributed by atoms with van der Waals surface area (Å²) in [6.45, 7) is 0.718. The van der Waals surface area contributed by atoms with Crippen LogP contribution < -0.4 is 0 Å². The summed E-state index contributed by atoms with van der Waals surface area (Å²) in [4.78, 5) is 3.90. The lowest BCUT2D eigenvalue weighted by atomic mass is 9.92. The van der Waals surface area contributed by atoms with Crippen LogP contribution in [-0.4, -0.2) is 80.1 Å². The van der Waals surface area contributed by atoms with Crippen molar-refractivity contribution in [3.63, 3.8) is 0 Å². The molecule has 0 unspecified atom stereocenters. The summed E-state index contributed by atoms with van der Waals surface area (Å²) in [5, 5.41) is 58.7. The number of aromatic hydroxyl groups is 1. The predicted octanol–water partition coefficient (Wildman–Crippen LogP) is 2.06. The standard InChI is InChI=1S/C21H19ClF3N7O5S/c1-8-27-29-19(32(8)13-4-9(22)2-3-10(13)21(23,24)25)18-17(35)15(16(34)14(6-33)37-18)31-5-11(28-30-31)12-7-38-20(36)26-12/h2-5,7,14-18,33-35H,6H2,1H3,(H,26,36)/t14-,15+,16+,17-,18-/m1/s1.